The number of ether oxygens (including phenoxy) is 2. The van der Waals surface area contributed by atoms with Crippen LogP contribution < -0.4 is 20.2 Å². The first kappa shape index (κ1) is 22.7. The lowest BCUT2D eigenvalue weighted by atomic mass is 10.2. The average Bonchev–Trinajstić information content (AvgIpc) is 3.51. The first-order valence-corrected chi connectivity index (χ1v) is 12.0. The molecule has 0 saturated heterocycles. The maximum absolute atomic E-state index is 12.4. The zero-order valence-electron chi connectivity index (χ0n) is 17.0. The summed E-state index contributed by atoms with van der Waals surface area (Å²) >= 11 is 3.83. The number of nitrogens with zero attached hydrogens (tertiary/aromatic N) is 2. The molecule has 1 aromatic carbocycles. The molecule has 12 heteroatoms. The van der Waals surface area contributed by atoms with E-state index in [0.29, 0.717) is 31.6 Å². The first-order chi connectivity index (χ1) is 16.0. The fraction of sp³-hybridized carbons (Fsp3) is 0.0952. The summed E-state index contributed by atoms with van der Waals surface area (Å²) in [6, 6.07) is 11.3. The van der Waals surface area contributed by atoms with Gasteiger partial charge in [-0.3, -0.25) is 14.9 Å². The summed E-state index contributed by atoms with van der Waals surface area (Å²) in [5.74, 6) is -0.211. The number of anilines is 1. The number of hydrogen-bond donors (Lipinski definition) is 1. The minimum Gasteiger partial charge on any atom is -0.496 e. The fourth-order valence-corrected chi connectivity index (χ4v) is 4.83. The second kappa shape index (κ2) is 10.4. The molecule has 0 spiro atoms. The van der Waals surface area contributed by atoms with Crippen molar-refractivity contribution in [2.75, 3.05) is 12.4 Å². The van der Waals surface area contributed by atoms with Gasteiger partial charge in [0.2, 0.25) is 16.3 Å². The van der Waals surface area contributed by atoms with E-state index in [4.69, 9.17) is 13.9 Å². The number of amides is 1. The Labute approximate surface area is 199 Å². The van der Waals surface area contributed by atoms with Crippen LogP contribution in [-0.2, 0) is 5.75 Å². The highest BCUT2D eigenvalue weighted by molar-refractivity contribution is 8.00. The van der Waals surface area contributed by atoms with Crippen molar-refractivity contribution in [3.8, 4) is 11.5 Å². The van der Waals surface area contributed by atoms with E-state index in [1.54, 1.807) is 30.3 Å². The molecule has 0 aliphatic rings. The Morgan fingerprint density at radius 3 is 2.76 bits per heavy atom. The van der Waals surface area contributed by atoms with Gasteiger partial charge in [-0.15, -0.1) is 21.5 Å². The monoisotopic (exact) mass is 501 g/mol. The zero-order chi connectivity index (χ0) is 23.2. The van der Waals surface area contributed by atoms with E-state index in [9.17, 15) is 14.4 Å². The number of nitrogens with one attached hydrogen (secondary N) is 1. The van der Waals surface area contributed by atoms with Crippen molar-refractivity contribution in [1.82, 2.24) is 10.2 Å². The van der Waals surface area contributed by atoms with Gasteiger partial charge in [0.25, 0.3) is 5.91 Å². The molecule has 0 unspecified atom stereocenters. The standard InChI is InChI=1S/C21H15N3O6S3/c1-28-15-6-3-2-5-13(15)19(27)30-16-10-29-12(9-14(16)25)11-32-21-24-23-20(33-21)22-18(26)17-7-4-8-31-17/h2-10H,11H2,1H3,(H,22,23,26). The molecule has 33 heavy (non-hydrogen) atoms. The van der Waals surface area contributed by atoms with E-state index in [1.807, 2.05) is 5.38 Å². The molecular formula is C21H15N3O6S3. The highest BCUT2D eigenvalue weighted by atomic mass is 32.2. The lowest BCUT2D eigenvalue weighted by Gasteiger charge is -2.07. The maximum atomic E-state index is 12.4. The van der Waals surface area contributed by atoms with Crippen LogP contribution in [0.2, 0.25) is 0 Å². The molecule has 4 aromatic rings. The summed E-state index contributed by atoms with van der Waals surface area (Å²) in [7, 11) is 1.44. The Bertz CT molecular complexity index is 1330. The van der Waals surface area contributed by atoms with Gasteiger partial charge in [0, 0.05) is 6.07 Å². The van der Waals surface area contributed by atoms with Crippen molar-refractivity contribution in [3.05, 3.63) is 80.5 Å². The van der Waals surface area contributed by atoms with Crippen molar-refractivity contribution in [1.29, 1.82) is 0 Å². The Balaban J connectivity index is 1.35. The third kappa shape index (κ3) is 5.66. The highest BCUT2D eigenvalue weighted by Crippen LogP contribution is 2.29. The van der Waals surface area contributed by atoms with Crippen LogP contribution in [0.1, 0.15) is 25.8 Å². The summed E-state index contributed by atoms with van der Waals surface area (Å²) in [4.78, 5) is 37.4. The molecule has 1 amide bonds. The third-order valence-corrected chi connectivity index (χ3v) is 6.95. The normalized spacial score (nSPS) is 10.6. The quantitative estimate of drug-likeness (QED) is 0.214. The summed E-state index contributed by atoms with van der Waals surface area (Å²) in [6.07, 6.45) is 1.10. The topological polar surface area (TPSA) is 121 Å². The second-order valence-electron chi connectivity index (χ2n) is 6.26. The van der Waals surface area contributed by atoms with E-state index >= 15 is 0 Å². The first-order valence-electron chi connectivity index (χ1n) is 9.31. The summed E-state index contributed by atoms with van der Waals surface area (Å²) < 4.78 is 16.3. The molecule has 1 N–H and O–H groups in total. The van der Waals surface area contributed by atoms with Gasteiger partial charge < -0.3 is 13.9 Å². The smallest absolute Gasteiger partial charge is 0.347 e. The Morgan fingerprint density at radius 1 is 1.15 bits per heavy atom. The molecule has 4 rings (SSSR count). The van der Waals surface area contributed by atoms with Gasteiger partial charge in [-0.2, -0.15) is 0 Å². The van der Waals surface area contributed by atoms with E-state index in [-0.39, 0.29) is 17.2 Å². The predicted molar refractivity (Wildman–Crippen MR) is 125 cm³/mol. The number of benzene rings is 1. The number of carbonyl (C=O) groups is 2. The number of para-hydroxylation sites is 1. The van der Waals surface area contributed by atoms with E-state index < -0.39 is 11.4 Å². The molecule has 0 radical (unpaired) electrons. The van der Waals surface area contributed by atoms with Crippen LogP contribution in [0, 0.1) is 0 Å². The number of esters is 1. The van der Waals surface area contributed by atoms with Crippen molar-refractivity contribution >= 4 is 51.4 Å². The molecular weight excluding hydrogens is 486 g/mol. The Morgan fingerprint density at radius 2 is 2.00 bits per heavy atom. The van der Waals surface area contributed by atoms with Crippen molar-refractivity contribution < 1.29 is 23.5 Å². The van der Waals surface area contributed by atoms with Gasteiger partial charge in [0.15, 0.2) is 4.34 Å². The summed E-state index contributed by atoms with van der Waals surface area (Å²) in [5.41, 5.74) is -0.307. The minimum absolute atomic E-state index is 0.192. The van der Waals surface area contributed by atoms with Crippen LogP contribution in [0.5, 0.6) is 11.5 Å². The number of carbonyl (C=O) groups excluding carboxylic acids is 2. The van der Waals surface area contributed by atoms with Gasteiger partial charge in [-0.25, -0.2) is 4.79 Å². The zero-order valence-corrected chi connectivity index (χ0v) is 19.4. The number of hydrogen-bond acceptors (Lipinski definition) is 11. The van der Waals surface area contributed by atoms with Crippen LogP contribution in [-0.4, -0.2) is 29.2 Å². The Hall–Kier alpha value is -3.48. The fourth-order valence-electron chi connectivity index (χ4n) is 2.57. The van der Waals surface area contributed by atoms with Gasteiger partial charge in [-0.05, 0) is 23.6 Å². The van der Waals surface area contributed by atoms with E-state index in [2.05, 4.69) is 15.5 Å². The van der Waals surface area contributed by atoms with Crippen LogP contribution in [0.4, 0.5) is 5.13 Å². The number of aromatic nitrogens is 2. The lowest BCUT2D eigenvalue weighted by Crippen LogP contribution is -2.15. The van der Waals surface area contributed by atoms with Crippen molar-refractivity contribution in [2.45, 2.75) is 10.1 Å². The molecule has 168 valence electrons. The van der Waals surface area contributed by atoms with Crippen LogP contribution in [0.3, 0.4) is 0 Å². The predicted octanol–water partition coefficient (Wildman–Crippen LogP) is 4.33. The number of thiophene rings is 1. The van der Waals surface area contributed by atoms with E-state index in [1.165, 1.54) is 53.7 Å². The average molecular weight is 502 g/mol. The number of methoxy groups -OCH3 is 1. The highest BCUT2D eigenvalue weighted by Gasteiger charge is 2.17. The largest absolute Gasteiger partial charge is 0.496 e. The van der Waals surface area contributed by atoms with Gasteiger partial charge in [0.05, 0.1) is 17.7 Å². The number of thioether (sulfide) groups is 1. The van der Waals surface area contributed by atoms with E-state index in [0.717, 1.165) is 6.26 Å². The minimum atomic E-state index is -0.729. The third-order valence-electron chi connectivity index (χ3n) is 4.09. The van der Waals surface area contributed by atoms with Crippen molar-refractivity contribution in [2.24, 2.45) is 0 Å². The molecule has 9 nitrogen and oxygen atoms in total. The number of rotatable bonds is 8. The van der Waals surface area contributed by atoms with Crippen LogP contribution >= 0.6 is 34.4 Å². The van der Waals surface area contributed by atoms with Crippen molar-refractivity contribution in [3.63, 3.8) is 0 Å². The molecule has 0 aliphatic heterocycles. The lowest BCUT2D eigenvalue weighted by molar-refractivity contribution is 0.0725. The molecule has 0 fully saturated rings. The van der Waals surface area contributed by atoms with Gasteiger partial charge >= 0.3 is 5.97 Å². The van der Waals surface area contributed by atoms with Gasteiger partial charge in [-0.1, -0.05) is 41.3 Å². The van der Waals surface area contributed by atoms with Crippen LogP contribution in [0.25, 0.3) is 0 Å². The SMILES string of the molecule is COc1ccccc1C(=O)Oc1coc(CSc2nnc(NC(=O)c3cccs3)s2)cc1=O. The maximum Gasteiger partial charge on any atom is 0.347 e. The van der Waals surface area contributed by atoms with Crippen LogP contribution in [0.15, 0.2) is 67.7 Å². The molecule has 0 saturated carbocycles. The Kier molecular flexibility index (Phi) is 7.17. The molecule has 0 aliphatic carbocycles. The summed E-state index contributed by atoms with van der Waals surface area (Å²) in [6.45, 7) is 0. The molecule has 3 aromatic heterocycles. The summed E-state index contributed by atoms with van der Waals surface area (Å²) in [5, 5.41) is 12.8. The van der Waals surface area contributed by atoms with Gasteiger partial charge in [0.1, 0.15) is 23.3 Å². The molecule has 0 atom stereocenters. The molecule has 3 heterocycles. The molecule has 0 bridgehead atoms. The second-order valence-corrected chi connectivity index (χ2v) is 9.41.